The predicted molar refractivity (Wildman–Crippen MR) is 508 cm³/mol. The number of hydrogen-bond acceptors (Lipinski definition) is 8. The number of benzene rings is 18. The van der Waals surface area contributed by atoms with Crippen LogP contribution >= 0.6 is 0 Å². The van der Waals surface area contributed by atoms with Gasteiger partial charge >= 0.3 is 0 Å². The summed E-state index contributed by atoms with van der Waals surface area (Å²) in [4.78, 5) is 31.0. The minimum Gasteiger partial charge on any atom is -0.456 e. The SMILES string of the molecule is c1ccc(-c2cccc(-c3ccc(-c4ccc5c(c4)oc4cc6c7ccccc7n(-c7ccccc7)c6cc45)c(-c4nc(-c5ccccc5)nc(-c5ccccc5)n4)c3)c2)cc1.c1ccc(-c2cccc(-c3ccc(-c4cccc5c4oc4cc6c7ccccc7n(-c7ccccc7)c6cc45)c(-c4nc(-c5ccccc5)nc(-c5ccccc5)n4)c3)c2)cc1. The molecule has 6 heterocycles. The van der Waals surface area contributed by atoms with E-state index in [4.69, 9.17) is 38.7 Å². The number of aromatic nitrogens is 8. The molecule has 0 aliphatic carbocycles. The van der Waals surface area contributed by atoms with Crippen molar-refractivity contribution in [2.75, 3.05) is 0 Å². The molecule has 0 saturated carbocycles. The van der Waals surface area contributed by atoms with Gasteiger partial charge in [0.05, 0.1) is 22.1 Å². The molecular weight excluding hydrogens is 1510 g/mol. The number of furan rings is 2. The third-order valence-electron chi connectivity index (χ3n) is 23.7. The highest BCUT2D eigenvalue weighted by atomic mass is 16.3. The summed E-state index contributed by atoms with van der Waals surface area (Å²) in [6.07, 6.45) is 0. The van der Waals surface area contributed by atoms with Crippen LogP contribution in [0.3, 0.4) is 0 Å². The molecule has 0 aliphatic heterocycles. The van der Waals surface area contributed by atoms with Gasteiger partial charge in [-0.15, -0.1) is 0 Å². The summed E-state index contributed by atoms with van der Waals surface area (Å²) in [6, 6.07) is 152. The zero-order valence-corrected chi connectivity index (χ0v) is 67.0. The molecule has 580 valence electrons. The molecule has 0 N–H and O–H groups in total. The molecule has 0 fully saturated rings. The third-order valence-corrected chi connectivity index (χ3v) is 23.7. The van der Waals surface area contributed by atoms with Crippen LogP contribution in [0.15, 0.2) is 446 Å². The quantitative estimate of drug-likeness (QED) is 0.106. The molecule has 10 nitrogen and oxygen atoms in total. The molecule has 0 bridgehead atoms. The fourth-order valence-corrected chi connectivity index (χ4v) is 17.8. The molecule has 24 rings (SSSR count). The molecule has 0 aliphatic rings. The molecule has 10 heteroatoms. The molecule has 6 aromatic heterocycles. The number of fused-ring (bicyclic) bond motifs is 12. The van der Waals surface area contributed by atoms with Gasteiger partial charge in [0, 0.05) is 93.4 Å². The Morgan fingerprint density at radius 3 is 0.927 bits per heavy atom. The minimum absolute atomic E-state index is 0.580. The zero-order chi connectivity index (χ0) is 82.0. The summed E-state index contributed by atoms with van der Waals surface area (Å²) in [5.41, 5.74) is 28.5. The summed E-state index contributed by atoms with van der Waals surface area (Å²) in [7, 11) is 0. The van der Waals surface area contributed by atoms with Crippen LogP contribution in [0.1, 0.15) is 0 Å². The summed E-state index contributed by atoms with van der Waals surface area (Å²) in [6.45, 7) is 0. The second kappa shape index (κ2) is 30.8. The van der Waals surface area contributed by atoms with Gasteiger partial charge < -0.3 is 18.0 Å². The normalized spacial score (nSPS) is 11.5. The highest BCUT2D eigenvalue weighted by molar-refractivity contribution is 6.20. The zero-order valence-electron chi connectivity index (χ0n) is 67.0. The number of hydrogen-bond donors (Lipinski definition) is 0. The maximum absolute atomic E-state index is 7.00. The van der Waals surface area contributed by atoms with Gasteiger partial charge in [0.15, 0.2) is 34.9 Å². The highest BCUT2D eigenvalue weighted by Gasteiger charge is 2.26. The summed E-state index contributed by atoms with van der Waals surface area (Å²) in [5.74, 6) is 3.62. The van der Waals surface area contributed by atoms with Crippen LogP contribution in [0.25, 0.3) is 234 Å². The van der Waals surface area contributed by atoms with Gasteiger partial charge in [-0.2, -0.15) is 0 Å². The van der Waals surface area contributed by atoms with Crippen LogP contribution in [0.2, 0.25) is 0 Å². The van der Waals surface area contributed by atoms with Crippen LogP contribution in [0.4, 0.5) is 0 Å². The Morgan fingerprint density at radius 2 is 0.476 bits per heavy atom. The van der Waals surface area contributed by atoms with Gasteiger partial charge in [-0.1, -0.05) is 340 Å². The maximum atomic E-state index is 7.00. The topological polar surface area (TPSA) is 113 Å². The van der Waals surface area contributed by atoms with E-state index in [1.807, 2.05) is 133 Å². The Hall–Kier alpha value is -16.8. The van der Waals surface area contributed by atoms with Crippen molar-refractivity contribution in [2.24, 2.45) is 0 Å². The second-order valence-corrected chi connectivity index (χ2v) is 31.2. The van der Waals surface area contributed by atoms with E-state index in [1.54, 1.807) is 0 Å². The monoisotopic (exact) mass is 1580 g/mol. The first-order valence-electron chi connectivity index (χ1n) is 41.7. The standard InChI is InChI=1S/2C57H36N4O/c1-5-17-37(18-6-1)40-23-15-24-41(33-40)42-31-32-44(50(34-42)57-59-55(38-19-7-2-8-20-38)58-56(60-57)39-21-9-3-10-22-39)46-28-16-29-47-49-35-52-48(36-53(49)62-54(46)47)45-27-13-14-30-51(45)61(52)43-25-11-4-12-26-43;1-5-16-37(17-6-1)40-22-15-23-41(32-40)42-28-30-45(50(33-42)57-59-55(38-18-7-2-8-19-38)58-56(60-57)39-20-9-3-10-21-39)43-29-31-47-49-35-52-48(36-54(49)62-53(47)34-43)46-26-13-14-27-51(46)61(52)44-24-11-4-12-25-44/h2*1-36H. The maximum Gasteiger partial charge on any atom is 0.164 e. The van der Waals surface area contributed by atoms with Gasteiger partial charge in [0.25, 0.3) is 0 Å². The molecule has 0 radical (unpaired) electrons. The lowest BCUT2D eigenvalue weighted by Gasteiger charge is -2.15. The molecular formula is C114H72N8O2. The number of rotatable bonds is 14. The van der Waals surface area contributed by atoms with E-state index in [9.17, 15) is 0 Å². The highest BCUT2D eigenvalue weighted by Crippen LogP contribution is 2.47. The van der Waals surface area contributed by atoms with E-state index in [0.29, 0.717) is 34.9 Å². The molecule has 0 spiro atoms. The van der Waals surface area contributed by atoms with E-state index in [-0.39, 0.29) is 0 Å². The first kappa shape index (κ1) is 72.4. The lowest BCUT2D eigenvalue weighted by atomic mass is 9.92. The van der Waals surface area contributed by atoms with E-state index in [0.717, 1.165) is 172 Å². The van der Waals surface area contributed by atoms with E-state index in [2.05, 4.69) is 312 Å². The average Bonchev–Trinajstić information content (AvgIpc) is 1.56. The van der Waals surface area contributed by atoms with Gasteiger partial charge in [-0.05, 0) is 158 Å². The predicted octanol–water partition coefficient (Wildman–Crippen LogP) is 29.7. The molecule has 18 aromatic carbocycles. The lowest BCUT2D eigenvalue weighted by Crippen LogP contribution is -2.01. The van der Waals surface area contributed by atoms with Crippen molar-refractivity contribution in [3.05, 3.63) is 437 Å². The Bertz CT molecular complexity index is 8080. The first-order chi connectivity index (χ1) is 61.4. The van der Waals surface area contributed by atoms with Crippen molar-refractivity contribution in [3.63, 3.8) is 0 Å². The van der Waals surface area contributed by atoms with Gasteiger partial charge in [0.1, 0.15) is 22.3 Å². The molecule has 124 heavy (non-hydrogen) atoms. The third kappa shape index (κ3) is 13.2. The Labute approximate surface area is 713 Å². The summed E-state index contributed by atoms with van der Waals surface area (Å²) < 4.78 is 18.5. The van der Waals surface area contributed by atoms with Crippen molar-refractivity contribution < 1.29 is 8.83 Å². The molecule has 24 aromatic rings. The van der Waals surface area contributed by atoms with Gasteiger partial charge in [0.2, 0.25) is 0 Å². The lowest BCUT2D eigenvalue weighted by molar-refractivity contribution is 0.669. The second-order valence-electron chi connectivity index (χ2n) is 31.2. The van der Waals surface area contributed by atoms with Crippen molar-refractivity contribution >= 4 is 87.5 Å². The Balaban J connectivity index is 0.000000143. The number of para-hydroxylation sites is 5. The van der Waals surface area contributed by atoms with Crippen LogP contribution in [0, 0.1) is 0 Å². The number of nitrogens with zero attached hydrogens (tertiary/aromatic N) is 8. The van der Waals surface area contributed by atoms with Gasteiger partial charge in [-0.3, -0.25) is 0 Å². The Morgan fingerprint density at radius 1 is 0.153 bits per heavy atom. The van der Waals surface area contributed by atoms with E-state index in [1.165, 1.54) is 27.4 Å². The molecule has 0 amide bonds. The minimum atomic E-state index is 0.580. The average molecular weight is 1590 g/mol. The molecule has 0 saturated heterocycles. The van der Waals surface area contributed by atoms with Gasteiger partial charge in [-0.25, -0.2) is 29.9 Å². The molecule has 0 atom stereocenters. The Kier molecular flexibility index (Phi) is 18.0. The van der Waals surface area contributed by atoms with E-state index < -0.39 is 0 Å². The molecule has 0 unspecified atom stereocenters. The fraction of sp³-hybridized carbons (Fsp3) is 0. The first-order valence-corrected chi connectivity index (χ1v) is 41.7. The van der Waals surface area contributed by atoms with E-state index >= 15 is 0 Å². The van der Waals surface area contributed by atoms with Crippen molar-refractivity contribution in [1.29, 1.82) is 0 Å². The summed E-state index contributed by atoms with van der Waals surface area (Å²) in [5, 5.41) is 8.91. The van der Waals surface area contributed by atoms with Crippen LogP contribution < -0.4 is 0 Å². The summed E-state index contributed by atoms with van der Waals surface area (Å²) >= 11 is 0. The van der Waals surface area contributed by atoms with Crippen LogP contribution in [-0.4, -0.2) is 39.0 Å². The van der Waals surface area contributed by atoms with Crippen LogP contribution in [-0.2, 0) is 0 Å². The van der Waals surface area contributed by atoms with Crippen molar-refractivity contribution in [3.8, 4) is 146 Å². The fourth-order valence-electron chi connectivity index (χ4n) is 17.8. The van der Waals surface area contributed by atoms with Crippen LogP contribution in [0.5, 0.6) is 0 Å². The largest absolute Gasteiger partial charge is 0.456 e. The van der Waals surface area contributed by atoms with Crippen molar-refractivity contribution in [2.45, 2.75) is 0 Å². The smallest absolute Gasteiger partial charge is 0.164 e. The van der Waals surface area contributed by atoms with Crippen molar-refractivity contribution in [1.82, 2.24) is 39.0 Å².